The first-order valence-corrected chi connectivity index (χ1v) is 8.69. The largest absolute Gasteiger partial charge is 0.381 e. The average Bonchev–Trinajstić information content (AvgIpc) is 3.21. The number of nitrogens with zero attached hydrogens (tertiary/aromatic N) is 3. The van der Waals surface area contributed by atoms with E-state index in [0.29, 0.717) is 18.5 Å². The molecule has 3 rings (SSSR count). The minimum absolute atomic E-state index is 0.0556. The van der Waals surface area contributed by atoms with E-state index in [1.54, 1.807) is 0 Å². The summed E-state index contributed by atoms with van der Waals surface area (Å²) in [6.07, 6.45) is 3.05. The topological polar surface area (TPSA) is 59.4 Å². The molecule has 1 aliphatic heterocycles. The van der Waals surface area contributed by atoms with Gasteiger partial charge in [0.15, 0.2) is 0 Å². The number of anilines is 1. The van der Waals surface area contributed by atoms with Gasteiger partial charge in [-0.2, -0.15) is 5.10 Å². The van der Waals surface area contributed by atoms with Gasteiger partial charge in [0.25, 0.3) is 0 Å². The Labute approximate surface area is 142 Å². The van der Waals surface area contributed by atoms with Crippen molar-refractivity contribution in [3.8, 4) is 0 Å². The molecular weight excluding hydrogens is 304 g/mol. The zero-order valence-corrected chi connectivity index (χ0v) is 14.7. The molecule has 0 aliphatic carbocycles. The molecule has 0 radical (unpaired) electrons. The average molecular weight is 330 g/mol. The molecule has 1 aromatic carbocycles. The van der Waals surface area contributed by atoms with E-state index in [1.807, 2.05) is 40.9 Å². The molecule has 1 aliphatic rings. The van der Waals surface area contributed by atoms with E-state index in [1.165, 1.54) is 0 Å². The zero-order chi connectivity index (χ0) is 17.1. The van der Waals surface area contributed by atoms with Crippen LogP contribution in [0.2, 0.25) is 0 Å². The SMILES string of the molecule is CCN(C[C@@H]1CCOC1)C(=O)Nc1ccc2nn(C(C)C)cc2c1. The van der Waals surface area contributed by atoms with Crippen molar-refractivity contribution in [2.45, 2.75) is 33.2 Å². The van der Waals surface area contributed by atoms with Gasteiger partial charge in [-0.1, -0.05) is 0 Å². The summed E-state index contributed by atoms with van der Waals surface area (Å²) < 4.78 is 7.34. The maximum Gasteiger partial charge on any atom is 0.321 e. The number of aromatic nitrogens is 2. The minimum atomic E-state index is -0.0556. The van der Waals surface area contributed by atoms with Crippen LogP contribution < -0.4 is 5.32 Å². The maximum absolute atomic E-state index is 12.5. The molecule has 1 atom stereocenters. The molecule has 1 aromatic heterocycles. The molecule has 6 nitrogen and oxygen atoms in total. The zero-order valence-electron chi connectivity index (χ0n) is 14.7. The highest BCUT2D eigenvalue weighted by atomic mass is 16.5. The smallest absolute Gasteiger partial charge is 0.321 e. The molecule has 1 fully saturated rings. The number of hydrogen-bond donors (Lipinski definition) is 1. The number of carbonyl (C=O) groups is 1. The van der Waals surface area contributed by atoms with Gasteiger partial charge in [-0.3, -0.25) is 4.68 Å². The highest BCUT2D eigenvalue weighted by molar-refractivity contribution is 5.92. The van der Waals surface area contributed by atoms with E-state index in [4.69, 9.17) is 4.74 Å². The Bertz CT molecular complexity index is 704. The fourth-order valence-corrected chi connectivity index (χ4v) is 2.98. The number of carbonyl (C=O) groups excluding carboxylic acids is 1. The first kappa shape index (κ1) is 16.8. The van der Waals surface area contributed by atoms with Crippen molar-refractivity contribution >= 4 is 22.6 Å². The molecule has 1 saturated heterocycles. The van der Waals surface area contributed by atoms with Gasteiger partial charge in [-0.25, -0.2) is 4.79 Å². The number of hydrogen-bond acceptors (Lipinski definition) is 3. The number of ether oxygens (including phenoxy) is 1. The lowest BCUT2D eigenvalue weighted by Gasteiger charge is -2.24. The van der Waals surface area contributed by atoms with Crippen LogP contribution in [0, 0.1) is 5.92 Å². The summed E-state index contributed by atoms with van der Waals surface area (Å²) in [5.41, 5.74) is 1.74. The van der Waals surface area contributed by atoms with Gasteiger partial charge in [0.05, 0.1) is 12.1 Å². The third-order valence-electron chi connectivity index (χ3n) is 4.47. The molecule has 130 valence electrons. The summed E-state index contributed by atoms with van der Waals surface area (Å²) in [6, 6.07) is 6.10. The molecule has 0 saturated carbocycles. The second-order valence-corrected chi connectivity index (χ2v) is 6.67. The van der Waals surface area contributed by atoms with Crippen LogP contribution in [0.5, 0.6) is 0 Å². The predicted molar refractivity (Wildman–Crippen MR) is 95.3 cm³/mol. The van der Waals surface area contributed by atoms with Crippen molar-refractivity contribution in [3.63, 3.8) is 0 Å². The lowest BCUT2D eigenvalue weighted by molar-refractivity contribution is 0.171. The Balaban J connectivity index is 1.69. The van der Waals surface area contributed by atoms with Crippen molar-refractivity contribution in [2.24, 2.45) is 5.92 Å². The van der Waals surface area contributed by atoms with E-state index < -0.39 is 0 Å². The van der Waals surface area contributed by atoms with Crippen LogP contribution in [0.1, 0.15) is 33.2 Å². The fraction of sp³-hybridized carbons (Fsp3) is 0.556. The summed E-state index contributed by atoms with van der Waals surface area (Å²) in [4.78, 5) is 14.4. The first-order chi connectivity index (χ1) is 11.6. The quantitative estimate of drug-likeness (QED) is 0.912. The van der Waals surface area contributed by atoms with Crippen LogP contribution in [-0.2, 0) is 4.74 Å². The Morgan fingerprint density at radius 1 is 1.50 bits per heavy atom. The van der Waals surface area contributed by atoms with Gasteiger partial charge in [-0.15, -0.1) is 0 Å². The summed E-state index contributed by atoms with van der Waals surface area (Å²) in [5.74, 6) is 0.447. The molecule has 2 aromatic rings. The van der Waals surface area contributed by atoms with E-state index in [9.17, 15) is 4.79 Å². The van der Waals surface area contributed by atoms with Gasteiger partial charge < -0.3 is 15.0 Å². The molecule has 0 bridgehead atoms. The van der Waals surface area contributed by atoms with Crippen molar-refractivity contribution < 1.29 is 9.53 Å². The van der Waals surface area contributed by atoms with Gasteiger partial charge in [0.1, 0.15) is 0 Å². The number of rotatable bonds is 5. The highest BCUT2D eigenvalue weighted by Crippen LogP contribution is 2.20. The van der Waals surface area contributed by atoms with Gasteiger partial charge in [-0.05, 0) is 45.4 Å². The number of nitrogens with one attached hydrogen (secondary N) is 1. The number of fused-ring (bicyclic) bond motifs is 1. The second kappa shape index (κ2) is 7.21. The van der Waals surface area contributed by atoms with Crippen LogP contribution in [0.15, 0.2) is 24.4 Å². The molecular formula is C18H26N4O2. The van der Waals surface area contributed by atoms with Crippen LogP contribution in [0.25, 0.3) is 10.9 Å². The van der Waals surface area contributed by atoms with E-state index >= 15 is 0 Å². The monoisotopic (exact) mass is 330 g/mol. The Kier molecular flexibility index (Phi) is 5.04. The van der Waals surface area contributed by atoms with Crippen LogP contribution in [0.4, 0.5) is 10.5 Å². The summed E-state index contributed by atoms with van der Waals surface area (Å²) in [5, 5.41) is 8.57. The molecule has 2 amide bonds. The molecule has 1 N–H and O–H groups in total. The Morgan fingerprint density at radius 3 is 3.00 bits per heavy atom. The predicted octanol–water partition coefficient (Wildman–Crippen LogP) is 3.51. The van der Waals surface area contributed by atoms with E-state index in [2.05, 4.69) is 24.3 Å². The second-order valence-electron chi connectivity index (χ2n) is 6.67. The van der Waals surface area contributed by atoms with Gasteiger partial charge in [0.2, 0.25) is 0 Å². The van der Waals surface area contributed by atoms with Crippen molar-refractivity contribution in [1.29, 1.82) is 0 Å². The summed E-state index contributed by atoms with van der Waals surface area (Å²) in [7, 11) is 0. The lowest BCUT2D eigenvalue weighted by Crippen LogP contribution is -2.38. The standard InChI is InChI=1S/C18H26N4O2/c1-4-21(10-14-7-8-24-12-14)18(23)19-16-5-6-17-15(9-16)11-22(20-17)13(2)3/h5-6,9,11,13-14H,4,7-8,10,12H2,1-3H3,(H,19,23)/t14-/m0/s1. The Hall–Kier alpha value is -2.08. The Morgan fingerprint density at radius 2 is 2.33 bits per heavy atom. The third kappa shape index (κ3) is 3.70. The number of urea groups is 1. The highest BCUT2D eigenvalue weighted by Gasteiger charge is 2.21. The molecule has 24 heavy (non-hydrogen) atoms. The summed E-state index contributed by atoms with van der Waals surface area (Å²) in [6.45, 7) is 9.20. The molecule has 6 heteroatoms. The van der Waals surface area contributed by atoms with Crippen LogP contribution in [-0.4, -0.2) is 47.0 Å². The maximum atomic E-state index is 12.5. The normalized spacial score (nSPS) is 17.6. The van der Waals surface area contributed by atoms with Crippen molar-refractivity contribution in [2.75, 3.05) is 31.6 Å². The third-order valence-corrected chi connectivity index (χ3v) is 4.47. The van der Waals surface area contributed by atoms with E-state index in [0.717, 1.165) is 42.8 Å². The molecule has 0 unspecified atom stereocenters. The first-order valence-electron chi connectivity index (χ1n) is 8.69. The minimum Gasteiger partial charge on any atom is -0.381 e. The number of benzene rings is 1. The van der Waals surface area contributed by atoms with Crippen molar-refractivity contribution in [1.82, 2.24) is 14.7 Å². The van der Waals surface area contributed by atoms with Crippen LogP contribution >= 0.6 is 0 Å². The number of amides is 2. The van der Waals surface area contributed by atoms with Gasteiger partial charge in [0, 0.05) is 48.9 Å². The summed E-state index contributed by atoms with van der Waals surface area (Å²) >= 11 is 0. The van der Waals surface area contributed by atoms with Gasteiger partial charge >= 0.3 is 6.03 Å². The molecule has 0 spiro atoms. The van der Waals surface area contributed by atoms with E-state index in [-0.39, 0.29) is 6.03 Å². The van der Waals surface area contributed by atoms with Crippen molar-refractivity contribution in [3.05, 3.63) is 24.4 Å². The molecule has 2 heterocycles. The fourth-order valence-electron chi connectivity index (χ4n) is 2.98. The lowest BCUT2D eigenvalue weighted by atomic mass is 10.1. The van der Waals surface area contributed by atoms with Crippen LogP contribution in [0.3, 0.4) is 0 Å².